The molecule has 2 rings (SSSR count). The lowest BCUT2D eigenvalue weighted by atomic mass is 10.2. The zero-order chi connectivity index (χ0) is 14.8. The van der Waals surface area contributed by atoms with Crippen LogP contribution in [0.3, 0.4) is 0 Å². The first-order valence-electron chi connectivity index (χ1n) is 5.55. The van der Waals surface area contributed by atoms with E-state index in [1.807, 2.05) is 6.07 Å². The molecule has 0 aliphatic heterocycles. The van der Waals surface area contributed by atoms with Gasteiger partial charge in [-0.3, -0.25) is 0 Å². The molecule has 0 spiro atoms. The van der Waals surface area contributed by atoms with Crippen molar-refractivity contribution in [1.29, 1.82) is 5.26 Å². The van der Waals surface area contributed by atoms with Gasteiger partial charge in [-0.1, -0.05) is 23.9 Å². The third kappa shape index (κ3) is 3.06. The van der Waals surface area contributed by atoms with Crippen LogP contribution >= 0.6 is 11.8 Å². The van der Waals surface area contributed by atoms with Crippen molar-refractivity contribution in [3.8, 4) is 6.07 Å². The number of nitrogen functional groups attached to an aromatic ring is 1. The third-order valence-corrected chi connectivity index (χ3v) is 3.73. The number of rotatable bonds is 2. The third-order valence-electron chi connectivity index (χ3n) is 2.56. The molecule has 0 aliphatic carbocycles. The summed E-state index contributed by atoms with van der Waals surface area (Å²) in [4.78, 5) is 1.14. The lowest BCUT2D eigenvalue weighted by molar-refractivity contribution is -0.137. The number of hydrogen-bond donors (Lipinski definition) is 1. The summed E-state index contributed by atoms with van der Waals surface area (Å²) in [7, 11) is 0. The molecule has 6 heteroatoms. The number of anilines is 1. The first-order chi connectivity index (χ1) is 9.41. The summed E-state index contributed by atoms with van der Waals surface area (Å²) in [5.74, 6) is 0. The van der Waals surface area contributed by atoms with Crippen molar-refractivity contribution < 1.29 is 13.2 Å². The first kappa shape index (κ1) is 14.3. The van der Waals surface area contributed by atoms with E-state index >= 15 is 0 Å². The zero-order valence-electron chi connectivity index (χ0n) is 10.1. The van der Waals surface area contributed by atoms with Crippen LogP contribution in [-0.4, -0.2) is 0 Å². The molecule has 0 bridgehead atoms. The Bertz CT molecular complexity index is 675. The van der Waals surface area contributed by atoms with Crippen molar-refractivity contribution in [2.24, 2.45) is 0 Å². The molecule has 2 nitrogen and oxygen atoms in total. The van der Waals surface area contributed by atoms with Crippen LogP contribution < -0.4 is 5.73 Å². The minimum absolute atomic E-state index is 0.0394. The van der Waals surface area contributed by atoms with Gasteiger partial charge >= 0.3 is 6.18 Å². The van der Waals surface area contributed by atoms with Gasteiger partial charge in [0.2, 0.25) is 0 Å². The second-order valence-electron chi connectivity index (χ2n) is 3.96. The molecule has 0 aromatic heterocycles. The number of benzene rings is 2. The molecule has 0 saturated heterocycles. The molecule has 0 fully saturated rings. The smallest absolute Gasteiger partial charge is 0.398 e. The van der Waals surface area contributed by atoms with Crippen LogP contribution in [0.2, 0.25) is 0 Å². The largest absolute Gasteiger partial charge is 0.416 e. The van der Waals surface area contributed by atoms with Gasteiger partial charge in [0.05, 0.1) is 11.1 Å². The van der Waals surface area contributed by atoms with E-state index in [9.17, 15) is 13.2 Å². The van der Waals surface area contributed by atoms with Gasteiger partial charge in [-0.2, -0.15) is 18.4 Å². The summed E-state index contributed by atoms with van der Waals surface area (Å²) < 4.78 is 37.6. The van der Waals surface area contributed by atoms with Crippen molar-refractivity contribution in [2.75, 3.05) is 5.73 Å². The monoisotopic (exact) mass is 294 g/mol. The maximum absolute atomic E-state index is 12.5. The molecule has 2 aromatic rings. The summed E-state index contributed by atoms with van der Waals surface area (Å²) in [5, 5.41) is 8.97. The van der Waals surface area contributed by atoms with Gasteiger partial charge in [0.15, 0.2) is 0 Å². The number of nitrogens with two attached hydrogens (primary N) is 1. The summed E-state index contributed by atoms with van der Waals surface area (Å²) >= 11 is 1.17. The van der Waals surface area contributed by atoms with Gasteiger partial charge in [-0.05, 0) is 30.3 Å². The number of alkyl halides is 3. The molecule has 0 aliphatic rings. The van der Waals surface area contributed by atoms with Crippen LogP contribution in [0.1, 0.15) is 11.1 Å². The summed E-state index contributed by atoms with van der Waals surface area (Å²) in [5.41, 5.74) is 5.36. The first-order valence-corrected chi connectivity index (χ1v) is 6.37. The van der Waals surface area contributed by atoms with E-state index in [2.05, 4.69) is 0 Å². The highest BCUT2D eigenvalue weighted by Crippen LogP contribution is 2.37. The Morgan fingerprint density at radius 1 is 1.05 bits per heavy atom. The molecular weight excluding hydrogens is 285 g/mol. The Morgan fingerprint density at radius 3 is 2.35 bits per heavy atom. The fourth-order valence-corrected chi connectivity index (χ4v) is 2.50. The van der Waals surface area contributed by atoms with E-state index in [0.29, 0.717) is 15.4 Å². The highest BCUT2D eigenvalue weighted by Gasteiger charge is 2.30. The Balaban J connectivity index is 2.34. The molecule has 2 aromatic carbocycles. The van der Waals surface area contributed by atoms with Gasteiger partial charge < -0.3 is 5.73 Å². The molecule has 0 heterocycles. The molecule has 2 N–H and O–H groups in total. The van der Waals surface area contributed by atoms with Crippen molar-refractivity contribution in [2.45, 2.75) is 16.0 Å². The standard InChI is InChI=1S/C14H9F3N2S/c15-14(16,17)10-5-6-13(11(19)7-10)20-12-4-2-1-3-9(12)8-18/h1-7H,19H2. The van der Waals surface area contributed by atoms with E-state index in [0.717, 1.165) is 12.1 Å². The minimum Gasteiger partial charge on any atom is -0.398 e. The predicted molar refractivity (Wildman–Crippen MR) is 71.1 cm³/mol. The van der Waals surface area contributed by atoms with Crippen LogP contribution in [0.25, 0.3) is 0 Å². The van der Waals surface area contributed by atoms with Crippen molar-refractivity contribution >= 4 is 17.4 Å². The van der Waals surface area contributed by atoms with Crippen LogP contribution in [0.4, 0.5) is 18.9 Å². The lowest BCUT2D eigenvalue weighted by Gasteiger charge is -2.11. The Hall–Kier alpha value is -2.13. The van der Waals surface area contributed by atoms with E-state index in [4.69, 9.17) is 11.0 Å². The second kappa shape index (κ2) is 5.47. The lowest BCUT2D eigenvalue weighted by Crippen LogP contribution is -2.05. The van der Waals surface area contributed by atoms with Crippen LogP contribution in [0, 0.1) is 11.3 Å². The van der Waals surface area contributed by atoms with Crippen molar-refractivity contribution in [3.63, 3.8) is 0 Å². The number of nitrogens with zero attached hydrogens (tertiary/aromatic N) is 1. The number of nitriles is 1. The Labute approximate surface area is 118 Å². The number of halogens is 3. The zero-order valence-corrected chi connectivity index (χ0v) is 10.9. The van der Waals surface area contributed by atoms with Crippen molar-refractivity contribution in [3.05, 3.63) is 53.6 Å². The van der Waals surface area contributed by atoms with Crippen LogP contribution in [0.15, 0.2) is 52.3 Å². The summed E-state index contributed by atoms with van der Waals surface area (Å²) in [6.45, 7) is 0. The van der Waals surface area contributed by atoms with Gasteiger partial charge in [-0.25, -0.2) is 0 Å². The molecule has 0 amide bonds. The van der Waals surface area contributed by atoms with Crippen LogP contribution in [0.5, 0.6) is 0 Å². The predicted octanol–water partition coefficient (Wildman–Crippen LogP) is 4.31. The highest BCUT2D eigenvalue weighted by molar-refractivity contribution is 7.99. The maximum atomic E-state index is 12.5. The molecule has 102 valence electrons. The normalized spacial score (nSPS) is 11.1. The Kier molecular flexibility index (Phi) is 3.91. The SMILES string of the molecule is N#Cc1ccccc1Sc1ccc(C(F)(F)F)cc1N. The average Bonchev–Trinajstić information content (AvgIpc) is 2.40. The maximum Gasteiger partial charge on any atom is 0.416 e. The van der Waals surface area contributed by atoms with E-state index in [1.165, 1.54) is 17.8 Å². The van der Waals surface area contributed by atoms with Gasteiger partial charge in [0.25, 0.3) is 0 Å². The molecule has 0 unspecified atom stereocenters. The highest BCUT2D eigenvalue weighted by atomic mass is 32.2. The fraction of sp³-hybridized carbons (Fsp3) is 0.0714. The summed E-state index contributed by atoms with van der Waals surface area (Å²) in [6, 6.07) is 12.1. The second-order valence-corrected chi connectivity index (χ2v) is 5.04. The number of hydrogen-bond acceptors (Lipinski definition) is 3. The van der Waals surface area contributed by atoms with E-state index < -0.39 is 11.7 Å². The van der Waals surface area contributed by atoms with Gasteiger partial charge in [0, 0.05) is 15.5 Å². The van der Waals surface area contributed by atoms with Gasteiger partial charge in [0.1, 0.15) is 6.07 Å². The molecule has 0 saturated carbocycles. The van der Waals surface area contributed by atoms with Gasteiger partial charge in [-0.15, -0.1) is 0 Å². The average molecular weight is 294 g/mol. The van der Waals surface area contributed by atoms with Crippen LogP contribution in [-0.2, 0) is 6.18 Å². The minimum atomic E-state index is -4.41. The molecule has 20 heavy (non-hydrogen) atoms. The quantitative estimate of drug-likeness (QED) is 0.840. The molecule has 0 atom stereocenters. The molecular formula is C14H9F3N2S. The molecule has 0 radical (unpaired) electrons. The summed E-state index contributed by atoms with van der Waals surface area (Å²) in [6.07, 6.45) is -4.41. The fourth-order valence-electron chi connectivity index (χ4n) is 1.58. The van der Waals surface area contributed by atoms with E-state index in [1.54, 1.807) is 24.3 Å². The Morgan fingerprint density at radius 2 is 1.75 bits per heavy atom. The van der Waals surface area contributed by atoms with Crippen molar-refractivity contribution in [1.82, 2.24) is 0 Å². The van der Waals surface area contributed by atoms with E-state index in [-0.39, 0.29) is 5.69 Å². The topological polar surface area (TPSA) is 49.8 Å².